The second kappa shape index (κ2) is 6.33. The van der Waals surface area contributed by atoms with Crippen LogP contribution in [0, 0.1) is 5.92 Å². The molecule has 0 aliphatic heterocycles. The fraction of sp³-hybridized carbons (Fsp3) is 0.533. The Morgan fingerprint density at radius 1 is 1.32 bits per heavy atom. The monoisotopic (exact) mass is 280 g/mol. The Hall–Kier alpha value is -1.16. The van der Waals surface area contributed by atoms with Gasteiger partial charge in [0.2, 0.25) is 0 Å². The van der Waals surface area contributed by atoms with Crippen molar-refractivity contribution >= 4 is 16.8 Å². The largest absolute Gasteiger partial charge is 0.478 e. The molecule has 1 saturated carbocycles. The van der Waals surface area contributed by atoms with Crippen molar-refractivity contribution in [2.45, 2.75) is 49.2 Å². The van der Waals surface area contributed by atoms with E-state index in [9.17, 15) is 9.00 Å². The topological polar surface area (TPSA) is 54.4 Å². The Balaban J connectivity index is 2.08. The van der Waals surface area contributed by atoms with E-state index in [1.54, 1.807) is 12.1 Å². The summed E-state index contributed by atoms with van der Waals surface area (Å²) in [4.78, 5) is 11.5. The van der Waals surface area contributed by atoms with Crippen LogP contribution in [0.1, 0.15) is 49.4 Å². The Labute approximate surface area is 116 Å². The maximum Gasteiger partial charge on any atom is 0.335 e. The highest BCUT2D eigenvalue weighted by atomic mass is 32.2. The number of hydrogen-bond acceptors (Lipinski definition) is 2. The molecule has 0 radical (unpaired) electrons. The molecule has 1 aliphatic rings. The quantitative estimate of drug-likeness (QED) is 0.919. The van der Waals surface area contributed by atoms with Gasteiger partial charge in [0.1, 0.15) is 0 Å². The molecule has 3 unspecified atom stereocenters. The van der Waals surface area contributed by atoms with Gasteiger partial charge >= 0.3 is 5.97 Å². The first kappa shape index (κ1) is 14.3. The van der Waals surface area contributed by atoms with Crippen LogP contribution in [0.4, 0.5) is 0 Å². The van der Waals surface area contributed by atoms with Crippen molar-refractivity contribution in [3.63, 3.8) is 0 Å². The van der Waals surface area contributed by atoms with E-state index in [1.807, 2.05) is 0 Å². The summed E-state index contributed by atoms with van der Waals surface area (Å²) >= 11 is 0. The molecule has 1 aromatic rings. The van der Waals surface area contributed by atoms with E-state index in [0.29, 0.717) is 5.92 Å². The predicted molar refractivity (Wildman–Crippen MR) is 75.8 cm³/mol. The third kappa shape index (κ3) is 3.44. The second-order valence-electron chi connectivity index (χ2n) is 5.19. The van der Waals surface area contributed by atoms with Crippen LogP contribution in [-0.2, 0) is 10.8 Å². The molecule has 0 heterocycles. The van der Waals surface area contributed by atoms with Gasteiger partial charge in [-0.15, -0.1) is 0 Å². The number of benzene rings is 1. The molecule has 0 spiro atoms. The summed E-state index contributed by atoms with van der Waals surface area (Å²) in [6, 6.07) is 6.45. The van der Waals surface area contributed by atoms with Crippen molar-refractivity contribution in [3.8, 4) is 0 Å². The van der Waals surface area contributed by atoms with Gasteiger partial charge in [-0.3, -0.25) is 4.21 Å². The molecule has 3 nitrogen and oxygen atoms in total. The van der Waals surface area contributed by atoms with Gasteiger partial charge in [-0.2, -0.15) is 0 Å². The van der Waals surface area contributed by atoms with E-state index in [1.165, 1.54) is 18.6 Å². The summed E-state index contributed by atoms with van der Waals surface area (Å²) in [5.41, 5.74) is 0.246. The Morgan fingerprint density at radius 3 is 2.58 bits per heavy atom. The average Bonchev–Trinajstić information content (AvgIpc) is 2.46. The molecule has 4 heteroatoms. The minimum absolute atomic E-state index is 0.231. The lowest BCUT2D eigenvalue weighted by atomic mass is 9.87. The van der Waals surface area contributed by atoms with Gasteiger partial charge in [-0.1, -0.05) is 26.2 Å². The Morgan fingerprint density at radius 2 is 2.00 bits per heavy atom. The van der Waals surface area contributed by atoms with Gasteiger partial charge in [-0.05, 0) is 43.0 Å². The molecule has 1 aliphatic carbocycles. The van der Waals surface area contributed by atoms with Crippen LogP contribution in [0.5, 0.6) is 0 Å². The first-order valence-electron chi connectivity index (χ1n) is 6.85. The standard InChI is InChI=1S/C15H20O3S/c1-2-11-4-3-5-14(10-11)19(18)13-8-6-12(7-9-13)15(16)17/h6-9,11,14H,2-5,10H2,1H3,(H,16,17). The first-order valence-corrected chi connectivity index (χ1v) is 8.07. The van der Waals surface area contributed by atoms with E-state index >= 15 is 0 Å². The molecule has 19 heavy (non-hydrogen) atoms. The summed E-state index contributed by atoms with van der Waals surface area (Å²) in [7, 11) is -1.01. The zero-order chi connectivity index (χ0) is 13.8. The van der Waals surface area contributed by atoms with Gasteiger partial charge in [0.25, 0.3) is 0 Å². The molecule has 0 bridgehead atoms. The van der Waals surface area contributed by atoms with E-state index in [2.05, 4.69) is 6.92 Å². The highest BCUT2D eigenvalue weighted by Crippen LogP contribution is 2.31. The molecular weight excluding hydrogens is 260 g/mol. The van der Waals surface area contributed by atoms with Crippen LogP contribution in [-0.4, -0.2) is 20.5 Å². The molecule has 1 N–H and O–H groups in total. The SMILES string of the molecule is CCC1CCCC(S(=O)c2ccc(C(=O)O)cc2)C1. The van der Waals surface area contributed by atoms with Gasteiger partial charge in [0.15, 0.2) is 0 Å². The minimum atomic E-state index is -1.01. The van der Waals surface area contributed by atoms with Gasteiger partial charge < -0.3 is 5.11 Å². The van der Waals surface area contributed by atoms with Crippen LogP contribution >= 0.6 is 0 Å². The van der Waals surface area contributed by atoms with E-state index in [-0.39, 0.29) is 10.8 Å². The zero-order valence-corrected chi connectivity index (χ0v) is 12.0. The fourth-order valence-corrected chi connectivity index (χ4v) is 4.35. The molecular formula is C15H20O3S. The van der Waals surface area contributed by atoms with Crippen LogP contribution in [0.25, 0.3) is 0 Å². The molecule has 104 valence electrons. The Bertz CT molecular complexity index is 467. The van der Waals surface area contributed by atoms with Gasteiger partial charge in [0.05, 0.1) is 16.4 Å². The molecule has 0 saturated heterocycles. The number of aromatic carboxylic acids is 1. The lowest BCUT2D eigenvalue weighted by molar-refractivity contribution is 0.0697. The Kier molecular flexibility index (Phi) is 4.75. The predicted octanol–water partition coefficient (Wildman–Crippen LogP) is 3.46. The third-order valence-corrected chi connectivity index (χ3v) is 5.72. The van der Waals surface area contributed by atoms with Gasteiger partial charge in [0, 0.05) is 10.1 Å². The van der Waals surface area contributed by atoms with Crippen LogP contribution in [0.3, 0.4) is 0 Å². The number of carbonyl (C=O) groups is 1. The van der Waals surface area contributed by atoms with Crippen LogP contribution in [0.2, 0.25) is 0 Å². The van der Waals surface area contributed by atoms with E-state index < -0.39 is 16.8 Å². The summed E-state index contributed by atoms with van der Waals surface area (Å²) in [6.45, 7) is 2.19. The number of carboxylic acid groups (broad SMARTS) is 1. The van der Waals surface area contributed by atoms with Crippen molar-refractivity contribution in [2.75, 3.05) is 0 Å². The van der Waals surface area contributed by atoms with E-state index in [4.69, 9.17) is 5.11 Å². The highest BCUT2D eigenvalue weighted by Gasteiger charge is 2.26. The van der Waals surface area contributed by atoms with E-state index in [0.717, 1.165) is 30.6 Å². The summed E-state index contributed by atoms with van der Waals surface area (Å²) in [6.07, 6.45) is 5.61. The molecule has 0 amide bonds. The molecule has 3 atom stereocenters. The maximum absolute atomic E-state index is 12.5. The number of carboxylic acids is 1. The fourth-order valence-electron chi connectivity index (χ4n) is 2.73. The first-order chi connectivity index (χ1) is 9.11. The van der Waals surface area contributed by atoms with Crippen molar-refractivity contribution in [3.05, 3.63) is 29.8 Å². The summed E-state index contributed by atoms with van der Waals surface area (Å²) in [5, 5.41) is 9.08. The lowest BCUT2D eigenvalue weighted by Crippen LogP contribution is -2.24. The molecule has 1 aromatic carbocycles. The highest BCUT2D eigenvalue weighted by molar-refractivity contribution is 7.85. The second-order valence-corrected chi connectivity index (χ2v) is 6.92. The van der Waals surface area contributed by atoms with Crippen molar-refractivity contribution in [2.24, 2.45) is 5.92 Å². The average molecular weight is 280 g/mol. The lowest BCUT2D eigenvalue weighted by Gasteiger charge is -2.27. The number of rotatable bonds is 4. The van der Waals surface area contributed by atoms with Gasteiger partial charge in [-0.25, -0.2) is 4.79 Å². The third-order valence-electron chi connectivity index (χ3n) is 3.95. The summed E-state index contributed by atoms with van der Waals surface area (Å²) < 4.78 is 12.5. The van der Waals surface area contributed by atoms with Crippen molar-refractivity contribution in [1.29, 1.82) is 0 Å². The maximum atomic E-state index is 12.5. The number of hydrogen-bond donors (Lipinski definition) is 1. The summed E-state index contributed by atoms with van der Waals surface area (Å²) in [5.74, 6) is -0.248. The molecule has 0 aromatic heterocycles. The van der Waals surface area contributed by atoms with Crippen LogP contribution in [0.15, 0.2) is 29.2 Å². The smallest absolute Gasteiger partial charge is 0.335 e. The van der Waals surface area contributed by atoms with Crippen LogP contribution < -0.4 is 0 Å². The van der Waals surface area contributed by atoms with Crippen molar-refractivity contribution < 1.29 is 14.1 Å². The molecule has 2 rings (SSSR count). The zero-order valence-electron chi connectivity index (χ0n) is 11.2. The normalized spacial score (nSPS) is 24.9. The molecule has 1 fully saturated rings. The van der Waals surface area contributed by atoms with Crippen molar-refractivity contribution in [1.82, 2.24) is 0 Å². The minimum Gasteiger partial charge on any atom is -0.478 e.